The van der Waals surface area contributed by atoms with Crippen molar-refractivity contribution in [1.82, 2.24) is 9.80 Å². The molecule has 2 aliphatic carbocycles. The van der Waals surface area contributed by atoms with Crippen LogP contribution in [0.25, 0.3) is 6.08 Å². The lowest BCUT2D eigenvalue weighted by atomic mass is 9.44. The highest BCUT2D eigenvalue weighted by Gasteiger charge is 2.78. The van der Waals surface area contributed by atoms with Crippen molar-refractivity contribution in [3.8, 4) is 11.5 Å². The van der Waals surface area contributed by atoms with Crippen LogP contribution in [0, 0.1) is 0 Å². The smallest absolute Gasteiger partial charge is 0.246 e. The third-order valence-electron chi connectivity index (χ3n) is 9.30. The Bertz CT molecular complexity index is 1220. The number of amides is 1. The van der Waals surface area contributed by atoms with Crippen LogP contribution in [-0.4, -0.2) is 69.3 Å². The molecule has 7 heteroatoms. The van der Waals surface area contributed by atoms with Gasteiger partial charge in [-0.1, -0.05) is 12.1 Å². The molecule has 3 heterocycles. The maximum absolute atomic E-state index is 13.3. The minimum absolute atomic E-state index is 0.0805. The molecule has 1 saturated heterocycles. The second-order valence-electron chi connectivity index (χ2n) is 10.6. The van der Waals surface area contributed by atoms with Gasteiger partial charge in [-0.15, -0.1) is 6.58 Å². The van der Waals surface area contributed by atoms with Crippen LogP contribution in [-0.2, 0) is 16.6 Å². The first-order valence-corrected chi connectivity index (χ1v) is 12.4. The summed E-state index contributed by atoms with van der Waals surface area (Å²) in [6, 6.07) is 5.10. The van der Waals surface area contributed by atoms with Crippen molar-refractivity contribution in [2.75, 3.05) is 20.1 Å². The van der Waals surface area contributed by atoms with E-state index in [2.05, 4.69) is 11.5 Å². The number of carbonyl (C=O) groups is 1. The van der Waals surface area contributed by atoms with E-state index < -0.39 is 16.6 Å². The van der Waals surface area contributed by atoms with Crippen molar-refractivity contribution in [2.24, 2.45) is 0 Å². The average molecular weight is 477 g/mol. The largest absolute Gasteiger partial charge is 0.504 e. The van der Waals surface area contributed by atoms with Crippen LogP contribution in [0.2, 0.25) is 0 Å². The van der Waals surface area contributed by atoms with E-state index in [4.69, 9.17) is 9.15 Å². The van der Waals surface area contributed by atoms with Gasteiger partial charge in [-0.2, -0.15) is 0 Å². The lowest BCUT2D eigenvalue weighted by Gasteiger charge is -2.67. The number of benzene rings is 1. The Morgan fingerprint density at radius 3 is 2.91 bits per heavy atom. The van der Waals surface area contributed by atoms with E-state index in [0.29, 0.717) is 38.0 Å². The van der Waals surface area contributed by atoms with Gasteiger partial charge in [0, 0.05) is 43.4 Å². The maximum Gasteiger partial charge on any atom is 0.246 e. The van der Waals surface area contributed by atoms with Crippen molar-refractivity contribution >= 4 is 12.0 Å². The fourth-order valence-electron chi connectivity index (χ4n) is 7.82. The molecule has 2 unspecified atom stereocenters. The molecule has 35 heavy (non-hydrogen) atoms. The monoisotopic (exact) mass is 476 g/mol. The van der Waals surface area contributed by atoms with Crippen molar-refractivity contribution in [3.63, 3.8) is 0 Å². The Morgan fingerprint density at radius 2 is 2.17 bits per heavy atom. The highest BCUT2D eigenvalue weighted by Crippen LogP contribution is 2.69. The standard InChI is InChI=1S/C28H32N2O5/c1-4-13-30-14-12-27-24-19-6-7-20(31)25(24)35-26(27,2)21(9-11-28(27,33)22(30)16-19)29(3)23(32)8-5-18-10-15-34-17-18/h4-8,10,15,17,21-22,31,33H,1,9,11-14,16H2,2-3H3/b8-5+/t21?,22-,26?,27+,28-/m1/s1. The minimum atomic E-state index is -1.04. The van der Waals surface area contributed by atoms with Gasteiger partial charge in [0.2, 0.25) is 5.91 Å². The Balaban J connectivity index is 1.46. The summed E-state index contributed by atoms with van der Waals surface area (Å²) in [6.07, 6.45) is 10.9. The van der Waals surface area contributed by atoms with Crippen LogP contribution in [0.1, 0.15) is 42.9 Å². The van der Waals surface area contributed by atoms with Gasteiger partial charge in [-0.25, -0.2) is 0 Å². The summed E-state index contributed by atoms with van der Waals surface area (Å²) < 4.78 is 11.8. The molecule has 5 atom stereocenters. The first kappa shape index (κ1) is 22.4. The number of hydrogen-bond donors (Lipinski definition) is 2. The van der Waals surface area contributed by atoms with Gasteiger partial charge >= 0.3 is 0 Å². The SMILES string of the molecule is C=CCN1CC[C@]23c4c5ccc(O)c4OC2(C)C(N(C)C(=O)/C=C/c2ccoc2)CC[C@@]3(O)[C@H]1C5. The summed E-state index contributed by atoms with van der Waals surface area (Å²) >= 11 is 0. The van der Waals surface area contributed by atoms with Crippen molar-refractivity contribution in [2.45, 2.75) is 61.3 Å². The van der Waals surface area contributed by atoms with Crippen molar-refractivity contribution < 1.29 is 24.2 Å². The number of aliphatic hydroxyl groups is 1. The third-order valence-corrected chi connectivity index (χ3v) is 9.30. The number of rotatable bonds is 5. The van der Waals surface area contributed by atoms with Gasteiger partial charge in [0.1, 0.15) is 5.60 Å². The molecule has 1 saturated carbocycles. The van der Waals surface area contributed by atoms with Crippen LogP contribution in [0.15, 0.2) is 53.9 Å². The number of furan rings is 1. The summed E-state index contributed by atoms with van der Waals surface area (Å²) in [5.74, 6) is 0.427. The van der Waals surface area contributed by atoms with Crippen molar-refractivity contribution in [1.29, 1.82) is 0 Å². The van der Waals surface area contributed by atoms with E-state index in [1.54, 1.807) is 48.8 Å². The quantitative estimate of drug-likeness (QED) is 0.509. The molecular weight excluding hydrogens is 444 g/mol. The number of likely N-dealkylation sites (tertiary alicyclic amines) is 1. The molecule has 4 aliphatic rings. The third kappa shape index (κ3) is 2.71. The number of hydrogen-bond acceptors (Lipinski definition) is 6. The summed E-state index contributed by atoms with van der Waals surface area (Å²) in [7, 11) is 1.80. The number of ether oxygens (including phenoxy) is 1. The fraction of sp³-hybridized carbons (Fsp3) is 0.464. The Kier molecular flexibility index (Phi) is 4.80. The topological polar surface area (TPSA) is 86.4 Å². The summed E-state index contributed by atoms with van der Waals surface area (Å²) in [5.41, 5.74) is 0.204. The molecule has 1 spiro atoms. The number of phenols is 1. The maximum atomic E-state index is 13.3. The van der Waals surface area contributed by atoms with E-state index in [9.17, 15) is 15.0 Å². The summed E-state index contributed by atoms with van der Waals surface area (Å²) in [6.45, 7) is 7.46. The molecule has 1 amide bonds. The number of nitrogens with zero attached hydrogens (tertiary/aromatic N) is 2. The second-order valence-corrected chi connectivity index (χ2v) is 10.6. The molecule has 2 aromatic rings. The first-order chi connectivity index (χ1) is 16.8. The molecule has 1 aromatic carbocycles. The van der Waals surface area contributed by atoms with Gasteiger partial charge < -0.3 is 24.3 Å². The Labute approximate surface area is 205 Å². The second kappa shape index (κ2) is 7.48. The molecule has 2 N–H and O–H groups in total. The number of piperidine rings is 1. The zero-order chi connectivity index (χ0) is 24.6. The zero-order valence-corrected chi connectivity index (χ0v) is 20.2. The lowest BCUT2D eigenvalue weighted by Crippen LogP contribution is -2.82. The molecule has 2 fully saturated rings. The number of phenolic OH excluding ortho intramolecular Hbond substituents is 1. The molecule has 184 valence electrons. The highest BCUT2D eigenvalue weighted by molar-refractivity contribution is 5.92. The van der Waals surface area contributed by atoms with Gasteiger partial charge in [0.05, 0.1) is 29.6 Å². The molecule has 0 radical (unpaired) electrons. The average Bonchev–Trinajstić information content (AvgIpc) is 3.44. The van der Waals surface area contributed by atoms with Gasteiger partial charge in [0.25, 0.3) is 0 Å². The van der Waals surface area contributed by atoms with E-state index in [1.807, 2.05) is 19.1 Å². The molecule has 6 rings (SSSR count). The van der Waals surface area contributed by atoms with Crippen LogP contribution >= 0.6 is 0 Å². The first-order valence-electron chi connectivity index (χ1n) is 12.4. The van der Waals surface area contributed by atoms with Gasteiger partial charge in [0.15, 0.2) is 11.5 Å². The molecule has 1 aromatic heterocycles. The summed E-state index contributed by atoms with van der Waals surface area (Å²) in [5, 5.41) is 23.4. The molecule has 2 aliphatic heterocycles. The Morgan fingerprint density at radius 1 is 1.34 bits per heavy atom. The highest BCUT2D eigenvalue weighted by atomic mass is 16.5. The predicted octanol–water partition coefficient (Wildman–Crippen LogP) is 3.26. The lowest BCUT2D eigenvalue weighted by molar-refractivity contribution is -0.227. The molecule has 2 bridgehead atoms. The van der Waals surface area contributed by atoms with E-state index in [1.165, 1.54) is 0 Å². The van der Waals surface area contributed by atoms with E-state index in [-0.39, 0.29) is 23.7 Å². The zero-order valence-electron chi connectivity index (χ0n) is 20.2. The Hall–Kier alpha value is -3.03. The molecular formula is C28H32N2O5. The minimum Gasteiger partial charge on any atom is -0.504 e. The normalized spacial score (nSPS) is 34.9. The fourth-order valence-corrected chi connectivity index (χ4v) is 7.82. The van der Waals surface area contributed by atoms with Crippen LogP contribution < -0.4 is 4.74 Å². The molecule has 7 nitrogen and oxygen atoms in total. The number of carbonyl (C=O) groups excluding carboxylic acids is 1. The summed E-state index contributed by atoms with van der Waals surface area (Å²) in [4.78, 5) is 17.4. The van der Waals surface area contributed by atoms with E-state index in [0.717, 1.165) is 23.2 Å². The van der Waals surface area contributed by atoms with Crippen LogP contribution in [0.5, 0.6) is 11.5 Å². The number of likely N-dealkylation sites (N-methyl/N-ethyl adjacent to an activating group) is 1. The number of aromatic hydroxyl groups is 1. The predicted molar refractivity (Wildman–Crippen MR) is 131 cm³/mol. The van der Waals surface area contributed by atoms with Gasteiger partial charge in [-0.3, -0.25) is 9.69 Å². The van der Waals surface area contributed by atoms with Crippen LogP contribution in [0.3, 0.4) is 0 Å². The van der Waals surface area contributed by atoms with Crippen molar-refractivity contribution in [3.05, 3.63) is 66.1 Å². The van der Waals surface area contributed by atoms with Crippen LogP contribution in [0.4, 0.5) is 0 Å². The van der Waals surface area contributed by atoms with Gasteiger partial charge in [-0.05, 0) is 56.4 Å². The van der Waals surface area contributed by atoms with E-state index >= 15 is 0 Å².